The highest BCUT2D eigenvalue weighted by Gasteiger charge is 2.25. The number of rotatable bonds is 1. The van der Waals surface area contributed by atoms with Crippen LogP contribution in [0.2, 0.25) is 0 Å². The second-order valence-corrected chi connectivity index (χ2v) is 3.31. The number of carboxylic acid groups (broad SMARTS) is 1. The number of carboxylic acids is 1. The molecule has 0 amide bonds. The van der Waals surface area contributed by atoms with Crippen LogP contribution in [0.5, 0.6) is 0 Å². The molecule has 0 spiro atoms. The molecule has 1 aliphatic carbocycles. The lowest BCUT2D eigenvalue weighted by Gasteiger charge is -2.19. The van der Waals surface area contributed by atoms with Gasteiger partial charge >= 0.3 is 5.97 Å². The van der Waals surface area contributed by atoms with Crippen LogP contribution in [0.25, 0.3) is 6.08 Å². The van der Waals surface area contributed by atoms with E-state index in [1.165, 1.54) is 0 Å². The summed E-state index contributed by atoms with van der Waals surface area (Å²) in [5.74, 6) is -1.43. The molecule has 1 atom stereocenters. The van der Waals surface area contributed by atoms with Gasteiger partial charge in [0.25, 0.3) is 0 Å². The first-order valence-electron chi connectivity index (χ1n) is 4.39. The maximum Gasteiger partial charge on any atom is 0.315 e. The molecule has 1 N–H and O–H groups in total. The summed E-state index contributed by atoms with van der Waals surface area (Å²) in [4.78, 5) is 11.0. The molecular formula is C12H10O2. The minimum absolute atomic E-state index is 0.587. The average molecular weight is 186 g/mol. The van der Waals surface area contributed by atoms with E-state index in [0.29, 0.717) is 5.57 Å². The fraction of sp³-hybridized carbons (Fsp3) is 0.0833. The zero-order chi connectivity index (χ0) is 10.1. The van der Waals surface area contributed by atoms with Gasteiger partial charge in [-0.1, -0.05) is 43.0 Å². The van der Waals surface area contributed by atoms with E-state index in [1.54, 1.807) is 6.08 Å². The van der Waals surface area contributed by atoms with Gasteiger partial charge in [0.05, 0.1) is 0 Å². The lowest BCUT2D eigenvalue weighted by molar-refractivity contribution is -0.137. The Bertz CT molecular complexity index is 430. The number of allylic oxidation sites excluding steroid dienone is 1. The van der Waals surface area contributed by atoms with Gasteiger partial charge in [0.2, 0.25) is 0 Å². The normalized spacial score (nSPS) is 19.1. The Labute approximate surface area is 82.2 Å². The van der Waals surface area contributed by atoms with Crippen molar-refractivity contribution in [3.05, 3.63) is 53.6 Å². The Kier molecular flexibility index (Phi) is 1.97. The number of aliphatic carboxylic acids is 1. The SMILES string of the molecule is C=C1C=Cc2ccccc2C1C(=O)O. The Hall–Kier alpha value is -1.83. The van der Waals surface area contributed by atoms with E-state index >= 15 is 0 Å². The van der Waals surface area contributed by atoms with Crippen LogP contribution >= 0.6 is 0 Å². The van der Waals surface area contributed by atoms with E-state index in [9.17, 15) is 4.79 Å². The van der Waals surface area contributed by atoms with Gasteiger partial charge in [0, 0.05) is 0 Å². The van der Waals surface area contributed by atoms with Crippen molar-refractivity contribution in [3.63, 3.8) is 0 Å². The predicted molar refractivity (Wildman–Crippen MR) is 55.0 cm³/mol. The minimum atomic E-state index is -0.841. The Balaban J connectivity index is 2.59. The molecule has 2 nitrogen and oxygen atoms in total. The van der Waals surface area contributed by atoms with Crippen molar-refractivity contribution in [2.24, 2.45) is 0 Å². The summed E-state index contributed by atoms with van der Waals surface area (Å²) < 4.78 is 0. The van der Waals surface area contributed by atoms with E-state index < -0.39 is 11.9 Å². The highest BCUT2D eigenvalue weighted by atomic mass is 16.4. The van der Waals surface area contributed by atoms with E-state index in [4.69, 9.17) is 5.11 Å². The molecule has 14 heavy (non-hydrogen) atoms. The summed E-state index contributed by atoms with van der Waals surface area (Å²) in [5.41, 5.74) is 2.43. The number of hydrogen-bond acceptors (Lipinski definition) is 1. The number of fused-ring (bicyclic) bond motifs is 1. The third-order valence-electron chi connectivity index (χ3n) is 2.40. The van der Waals surface area contributed by atoms with Crippen molar-refractivity contribution in [1.29, 1.82) is 0 Å². The van der Waals surface area contributed by atoms with E-state index in [2.05, 4.69) is 6.58 Å². The van der Waals surface area contributed by atoms with Gasteiger partial charge in [0.15, 0.2) is 0 Å². The summed E-state index contributed by atoms with van der Waals surface area (Å²) in [6.07, 6.45) is 3.66. The molecule has 2 heteroatoms. The van der Waals surface area contributed by atoms with Gasteiger partial charge in [-0.3, -0.25) is 4.79 Å². The number of benzene rings is 1. The molecule has 0 saturated carbocycles. The Morgan fingerprint density at radius 1 is 1.29 bits per heavy atom. The molecule has 70 valence electrons. The van der Waals surface area contributed by atoms with Crippen LogP contribution in [0.15, 0.2) is 42.5 Å². The first-order valence-corrected chi connectivity index (χ1v) is 4.39. The standard InChI is InChI=1S/C12H10O2/c1-8-6-7-9-4-2-3-5-10(9)11(8)12(13)14/h2-7,11H,1H2,(H,13,14). The van der Waals surface area contributed by atoms with E-state index in [1.807, 2.05) is 30.3 Å². The fourth-order valence-electron chi connectivity index (χ4n) is 1.71. The quantitative estimate of drug-likeness (QED) is 0.731. The molecule has 0 saturated heterocycles. The molecule has 0 bridgehead atoms. The summed E-state index contributed by atoms with van der Waals surface area (Å²) in [6.45, 7) is 3.75. The zero-order valence-electron chi connectivity index (χ0n) is 7.60. The lowest BCUT2D eigenvalue weighted by Crippen LogP contribution is -2.16. The van der Waals surface area contributed by atoms with Crippen LogP contribution in [-0.2, 0) is 4.79 Å². The van der Waals surface area contributed by atoms with Gasteiger partial charge in [-0.15, -0.1) is 0 Å². The first-order chi connectivity index (χ1) is 6.70. The van der Waals surface area contributed by atoms with E-state index in [-0.39, 0.29) is 0 Å². The van der Waals surface area contributed by atoms with Crippen molar-refractivity contribution in [2.45, 2.75) is 5.92 Å². The molecule has 2 rings (SSSR count). The van der Waals surface area contributed by atoms with Gasteiger partial charge in [-0.05, 0) is 16.7 Å². The number of carbonyl (C=O) groups is 1. The molecule has 1 aromatic carbocycles. The molecule has 0 aromatic heterocycles. The van der Waals surface area contributed by atoms with E-state index in [0.717, 1.165) is 11.1 Å². The third-order valence-corrected chi connectivity index (χ3v) is 2.40. The van der Waals surface area contributed by atoms with Gasteiger partial charge in [0.1, 0.15) is 5.92 Å². The van der Waals surface area contributed by atoms with Crippen LogP contribution in [0.3, 0.4) is 0 Å². The summed E-state index contributed by atoms with van der Waals surface area (Å²) in [7, 11) is 0. The second-order valence-electron chi connectivity index (χ2n) is 3.31. The Morgan fingerprint density at radius 2 is 2.00 bits per heavy atom. The monoisotopic (exact) mass is 186 g/mol. The van der Waals surface area contributed by atoms with Crippen molar-refractivity contribution < 1.29 is 9.90 Å². The van der Waals surface area contributed by atoms with Crippen LogP contribution in [0.1, 0.15) is 17.0 Å². The van der Waals surface area contributed by atoms with Crippen molar-refractivity contribution in [3.8, 4) is 0 Å². The summed E-state index contributed by atoms with van der Waals surface area (Å²) in [5, 5.41) is 9.06. The molecular weight excluding hydrogens is 176 g/mol. The van der Waals surface area contributed by atoms with Crippen LogP contribution in [0.4, 0.5) is 0 Å². The maximum absolute atomic E-state index is 11.0. The third kappa shape index (κ3) is 1.25. The molecule has 1 aliphatic rings. The fourth-order valence-corrected chi connectivity index (χ4v) is 1.71. The smallest absolute Gasteiger partial charge is 0.315 e. The largest absolute Gasteiger partial charge is 0.481 e. The molecule has 1 unspecified atom stereocenters. The van der Waals surface area contributed by atoms with Crippen molar-refractivity contribution in [1.82, 2.24) is 0 Å². The van der Waals surface area contributed by atoms with Gasteiger partial charge < -0.3 is 5.11 Å². The second kappa shape index (κ2) is 3.14. The Morgan fingerprint density at radius 3 is 2.71 bits per heavy atom. The van der Waals surface area contributed by atoms with Crippen molar-refractivity contribution >= 4 is 12.0 Å². The van der Waals surface area contributed by atoms with Crippen molar-refractivity contribution in [2.75, 3.05) is 0 Å². The van der Waals surface area contributed by atoms with Gasteiger partial charge in [-0.25, -0.2) is 0 Å². The van der Waals surface area contributed by atoms with Gasteiger partial charge in [-0.2, -0.15) is 0 Å². The predicted octanol–water partition coefficient (Wildman–Crippen LogP) is 2.44. The number of hydrogen-bond donors (Lipinski definition) is 1. The molecule has 1 aromatic rings. The van der Waals surface area contributed by atoms with Crippen LogP contribution in [0, 0.1) is 0 Å². The summed E-state index contributed by atoms with van der Waals surface area (Å²) in [6, 6.07) is 7.49. The van der Waals surface area contributed by atoms with Crippen LogP contribution in [-0.4, -0.2) is 11.1 Å². The zero-order valence-corrected chi connectivity index (χ0v) is 7.60. The topological polar surface area (TPSA) is 37.3 Å². The minimum Gasteiger partial charge on any atom is -0.481 e. The molecule has 0 fully saturated rings. The maximum atomic E-state index is 11.0. The van der Waals surface area contributed by atoms with Crippen LogP contribution < -0.4 is 0 Å². The highest BCUT2D eigenvalue weighted by Crippen LogP contribution is 2.32. The first kappa shape index (κ1) is 8.75. The molecule has 0 aliphatic heterocycles. The lowest BCUT2D eigenvalue weighted by atomic mass is 9.84. The molecule has 0 radical (unpaired) electrons. The molecule has 0 heterocycles. The highest BCUT2D eigenvalue weighted by molar-refractivity contribution is 5.85. The summed E-state index contributed by atoms with van der Waals surface area (Å²) >= 11 is 0. The average Bonchev–Trinajstić information content (AvgIpc) is 2.17.